The van der Waals surface area contributed by atoms with Gasteiger partial charge in [-0.15, -0.1) is 11.8 Å². The molecule has 112 valence electrons. The molecular formula is C11H23N3O3S2. The third-order valence-corrected chi connectivity index (χ3v) is 5.59. The van der Waals surface area contributed by atoms with E-state index >= 15 is 0 Å². The van der Waals surface area contributed by atoms with Gasteiger partial charge in [0.25, 0.3) is 0 Å². The van der Waals surface area contributed by atoms with Gasteiger partial charge in [0.15, 0.2) is 0 Å². The Morgan fingerprint density at radius 1 is 1.47 bits per heavy atom. The topological polar surface area (TPSA) is 83.7 Å². The molecule has 0 aromatic carbocycles. The van der Waals surface area contributed by atoms with Gasteiger partial charge in [-0.05, 0) is 19.3 Å². The van der Waals surface area contributed by atoms with Gasteiger partial charge in [-0.25, -0.2) is 8.42 Å². The largest absolute Gasteiger partial charge is 0.322 e. The molecule has 1 rings (SSSR count). The van der Waals surface area contributed by atoms with Gasteiger partial charge in [0.1, 0.15) is 6.29 Å². The van der Waals surface area contributed by atoms with Gasteiger partial charge in [-0.2, -0.15) is 4.31 Å². The van der Waals surface area contributed by atoms with E-state index in [0.717, 1.165) is 30.9 Å². The maximum absolute atomic E-state index is 11.7. The number of hydrogen-bond donors (Lipinski definition) is 1. The van der Waals surface area contributed by atoms with Gasteiger partial charge in [0, 0.05) is 25.2 Å². The second-order valence-electron chi connectivity index (χ2n) is 4.84. The van der Waals surface area contributed by atoms with E-state index in [1.165, 1.54) is 10.6 Å². The van der Waals surface area contributed by atoms with Crippen LogP contribution in [0.2, 0.25) is 0 Å². The van der Waals surface area contributed by atoms with Crippen molar-refractivity contribution in [3.8, 4) is 0 Å². The van der Waals surface area contributed by atoms with Crippen molar-refractivity contribution >= 4 is 28.1 Å². The van der Waals surface area contributed by atoms with Crippen molar-refractivity contribution in [2.75, 3.05) is 31.5 Å². The van der Waals surface area contributed by atoms with E-state index < -0.39 is 16.1 Å². The molecule has 6 nitrogen and oxygen atoms in total. The highest BCUT2D eigenvalue weighted by Gasteiger charge is 2.29. The molecule has 19 heavy (non-hydrogen) atoms. The number of hydrogen-bond acceptors (Lipinski definition) is 6. The minimum absolute atomic E-state index is 0.135. The van der Waals surface area contributed by atoms with Crippen LogP contribution in [0, 0.1) is 0 Å². The molecule has 1 aliphatic heterocycles. The summed E-state index contributed by atoms with van der Waals surface area (Å²) < 4.78 is 24.8. The molecule has 0 saturated carbocycles. The zero-order valence-electron chi connectivity index (χ0n) is 11.5. The quantitative estimate of drug-likeness (QED) is 0.631. The molecular weight excluding hydrogens is 286 g/mol. The van der Waals surface area contributed by atoms with Crippen LogP contribution in [0.3, 0.4) is 0 Å². The first kappa shape index (κ1) is 16.9. The molecule has 2 atom stereocenters. The highest BCUT2D eigenvalue weighted by Crippen LogP contribution is 2.22. The average Bonchev–Trinajstić information content (AvgIpc) is 2.86. The summed E-state index contributed by atoms with van der Waals surface area (Å²) in [6, 6.07) is -0.447. The molecule has 1 aliphatic rings. The highest BCUT2D eigenvalue weighted by atomic mass is 32.2. The fourth-order valence-corrected chi connectivity index (χ4v) is 3.79. The second-order valence-corrected chi connectivity index (χ2v) is 7.96. The number of aldehydes is 1. The first-order valence-corrected chi connectivity index (χ1v) is 9.32. The lowest BCUT2D eigenvalue weighted by Crippen LogP contribution is -2.47. The Bertz CT molecular complexity index is 383. The number of thioether (sulfide) groups is 1. The molecule has 8 heteroatoms. The number of carbonyl (C=O) groups excluding carboxylic acids is 1. The molecule has 1 heterocycles. The number of sulfonamides is 1. The van der Waals surface area contributed by atoms with Crippen LogP contribution in [-0.2, 0) is 14.8 Å². The SMILES string of the molecule is CN([C@@H](CCCC(N)C=O)N1CCSC1)S(C)(=O)=O. The Hall–Kier alpha value is -0.150. The lowest BCUT2D eigenvalue weighted by Gasteiger charge is -2.33. The van der Waals surface area contributed by atoms with Crippen LogP contribution in [-0.4, -0.2) is 67.6 Å². The predicted octanol–water partition coefficient (Wildman–Crippen LogP) is -0.0933. The molecule has 0 aliphatic carbocycles. The van der Waals surface area contributed by atoms with Gasteiger partial charge < -0.3 is 10.5 Å². The zero-order valence-corrected chi connectivity index (χ0v) is 13.1. The van der Waals surface area contributed by atoms with Crippen LogP contribution in [0.15, 0.2) is 0 Å². The van der Waals surface area contributed by atoms with Crippen LogP contribution >= 0.6 is 11.8 Å². The van der Waals surface area contributed by atoms with Crippen molar-refractivity contribution in [3.63, 3.8) is 0 Å². The highest BCUT2D eigenvalue weighted by molar-refractivity contribution is 7.99. The van der Waals surface area contributed by atoms with Gasteiger partial charge >= 0.3 is 0 Å². The molecule has 2 N–H and O–H groups in total. The van der Waals surface area contributed by atoms with Gasteiger partial charge in [0.05, 0.1) is 18.5 Å². The fraction of sp³-hybridized carbons (Fsp3) is 0.909. The smallest absolute Gasteiger partial charge is 0.212 e. The Kier molecular flexibility index (Phi) is 6.75. The zero-order chi connectivity index (χ0) is 14.5. The molecule has 1 unspecified atom stereocenters. The van der Waals surface area contributed by atoms with Crippen LogP contribution in [0.4, 0.5) is 0 Å². The maximum atomic E-state index is 11.7. The standard InChI is InChI=1S/C11H23N3O3S2/c1-13(19(2,16)17)11(14-6-7-18-9-14)5-3-4-10(12)8-15/h8,10-11H,3-7,9,12H2,1-2H3/t10?,11-/m1/s1. The summed E-state index contributed by atoms with van der Waals surface area (Å²) >= 11 is 1.81. The predicted molar refractivity (Wildman–Crippen MR) is 78.3 cm³/mol. The van der Waals surface area contributed by atoms with E-state index in [1.54, 1.807) is 18.8 Å². The van der Waals surface area contributed by atoms with Gasteiger partial charge in [-0.1, -0.05) is 0 Å². The summed E-state index contributed by atoms with van der Waals surface area (Å²) in [5.41, 5.74) is 5.56. The summed E-state index contributed by atoms with van der Waals surface area (Å²) in [5, 5.41) is 0. The molecule has 0 radical (unpaired) electrons. The van der Waals surface area contributed by atoms with Crippen LogP contribution < -0.4 is 5.73 Å². The number of carbonyl (C=O) groups is 1. The summed E-state index contributed by atoms with van der Waals surface area (Å²) in [6.45, 7) is 0.898. The maximum Gasteiger partial charge on any atom is 0.212 e. The molecule has 0 spiro atoms. The molecule has 0 aromatic rings. The van der Waals surface area contributed by atoms with Crippen LogP contribution in [0.1, 0.15) is 19.3 Å². The van der Waals surface area contributed by atoms with E-state index in [1.807, 2.05) is 0 Å². The normalized spacial score (nSPS) is 20.6. The Morgan fingerprint density at radius 3 is 2.63 bits per heavy atom. The van der Waals surface area contributed by atoms with Crippen molar-refractivity contribution in [1.82, 2.24) is 9.21 Å². The molecule has 1 saturated heterocycles. The third-order valence-electron chi connectivity index (χ3n) is 3.32. The van der Waals surface area contributed by atoms with E-state index in [0.29, 0.717) is 12.8 Å². The number of nitrogens with zero attached hydrogens (tertiary/aromatic N) is 2. The third kappa shape index (κ3) is 5.39. The van der Waals surface area contributed by atoms with Crippen molar-refractivity contribution < 1.29 is 13.2 Å². The van der Waals surface area contributed by atoms with Crippen molar-refractivity contribution in [2.45, 2.75) is 31.5 Å². The van der Waals surface area contributed by atoms with Crippen LogP contribution in [0.5, 0.6) is 0 Å². The minimum Gasteiger partial charge on any atom is -0.322 e. The fourth-order valence-electron chi connectivity index (χ4n) is 2.08. The number of nitrogens with two attached hydrogens (primary N) is 1. The lowest BCUT2D eigenvalue weighted by molar-refractivity contribution is -0.109. The summed E-state index contributed by atoms with van der Waals surface area (Å²) in [5.74, 6) is 1.88. The molecule has 0 amide bonds. The van der Waals surface area contributed by atoms with Gasteiger partial charge in [-0.3, -0.25) is 4.90 Å². The Balaban J connectivity index is 2.61. The first-order valence-electron chi connectivity index (χ1n) is 6.32. The van der Waals surface area contributed by atoms with Crippen LogP contribution in [0.25, 0.3) is 0 Å². The summed E-state index contributed by atoms with van der Waals surface area (Å²) in [7, 11) is -1.60. The first-order chi connectivity index (χ1) is 8.86. The van der Waals surface area contributed by atoms with E-state index in [2.05, 4.69) is 4.90 Å². The lowest BCUT2D eigenvalue weighted by atomic mass is 10.1. The number of rotatable bonds is 8. The van der Waals surface area contributed by atoms with E-state index in [-0.39, 0.29) is 6.17 Å². The van der Waals surface area contributed by atoms with Crippen molar-refractivity contribution in [3.05, 3.63) is 0 Å². The van der Waals surface area contributed by atoms with Crippen molar-refractivity contribution in [1.29, 1.82) is 0 Å². The second kappa shape index (κ2) is 7.58. The molecule has 1 fully saturated rings. The van der Waals surface area contributed by atoms with Crippen molar-refractivity contribution in [2.24, 2.45) is 5.73 Å². The summed E-state index contributed by atoms with van der Waals surface area (Å²) in [4.78, 5) is 12.6. The summed E-state index contributed by atoms with van der Waals surface area (Å²) in [6.07, 6.45) is 3.86. The Labute approximate surface area is 119 Å². The molecule has 0 aromatic heterocycles. The monoisotopic (exact) mass is 309 g/mol. The van der Waals surface area contributed by atoms with E-state index in [9.17, 15) is 13.2 Å². The van der Waals surface area contributed by atoms with Gasteiger partial charge in [0.2, 0.25) is 10.0 Å². The minimum atomic E-state index is -3.21. The Morgan fingerprint density at radius 2 is 2.16 bits per heavy atom. The molecule has 0 bridgehead atoms. The average molecular weight is 309 g/mol. The van der Waals surface area contributed by atoms with E-state index in [4.69, 9.17) is 5.73 Å².